The van der Waals surface area contributed by atoms with Crippen LogP contribution >= 0.6 is 11.6 Å². The topological polar surface area (TPSA) is 38.7 Å². The quantitative estimate of drug-likeness (QED) is 0.913. The number of aliphatic hydroxyl groups is 1. The van der Waals surface area contributed by atoms with Gasteiger partial charge in [0.05, 0.1) is 20.3 Å². The summed E-state index contributed by atoms with van der Waals surface area (Å²) < 4.78 is 24.0. The molecule has 3 nitrogen and oxygen atoms in total. The van der Waals surface area contributed by atoms with Gasteiger partial charge in [-0.3, -0.25) is 0 Å². The fourth-order valence-electron chi connectivity index (χ4n) is 2.09. The molecule has 0 spiro atoms. The molecule has 2 aromatic carbocycles. The minimum absolute atomic E-state index is 0.127. The molecule has 21 heavy (non-hydrogen) atoms. The summed E-state index contributed by atoms with van der Waals surface area (Å²) in [6.45, 7) is 0. The lowest BCUT2D eigenvalue weighted by atomic mass is 10.0. The third-order valence-corrected chi connectivity index (χ3v) is 3.45. The maximum absolute atomic E-state index is 13.7. The fourth-order valence-corrected chi connectivity index (χ4v) is 2.28. The van der Waals surface area contributed by atoms with E-state index in [9.17, 15) is 9.50 Å². The van der Waals surface area contributed by atoms with Crippen LogP contribution in [0.15, 0.2) is 36.4 Å². The lowest BCUT2D eigenvalue weighted by Crippen LogP contribution is -2.04. The van der Waals surface area contributed by atoms with E-state index in [1.807, 2.05) is 0 Å². The second-order valence-corrected chi connectivity index (χ2v) is 5.01. The standard InChI is InChI=1S/C16H16ClFO3/c1-20-15-6-3-10(9-16(15)21-2)14(19)8-11-7-12(17)4-5-13(11)18/h3-7,9,14,19H,8H2,1-2H3. The van der Waals surface area contributed by atoms with E-state index >= 15 is 0 Å². The van der Waals surface area contributed by atoms with Crippen molar-refractivity contribution in [2.75, 3.05) is 14.2 Å². The third kappa shape index (κ3) is 3.65. The van der Waals surface area contributed by atoms with Crippen LogP contribution in [0.5, 0.6) is 11.5 Å². The summed E-state index contributed by atoms with van der Waals surface area (Å²) in [6.07, 6.45) is -0.736. The zero-order chi connectivity index (χ0) is 15.4. The normalized spacial score (nSPS) is 12.0. The van der Waals surface area contributed by atoms with E-state index in [4.69, 9.17) is 21.1 Å². The van der Waals surface area contributed by atoms with Crippen LogP contribution < -0.4 is 9.47 Å². The van der Waals surface area contributed by atoms with Crippen molar-refractivity contribution in [2.45, 2.75) is 12.5 Å². The molecule has 0 bridgehead atoms. The molecule has 1 unspecified atom stereocenters. The van der Waals surface area contributed by atoms with Crippen molar-refractivity contribution in [1.29, 1.82) is 0 Å². The van der Waals surface area contributed by atoms with Crippen molar-refractivity contribution in [1.82, 2.24) is 0 Å². The van der Waals surface area contributed by atoms with Crippen molar-refractivity contribution in [3.63, 3.8) is 0 Å². The molecule has 0 heterocycles. The van der Waals surface area contributed by atoms with Crippen LogP contribution in [0.2, 0.25) is 5.02 Å². The first kappa shape index (κ1) is 15.6. The van der Waals surface area contributed by atoms with Gasteiger partial charge in [-0.1, -0.05) is 17.7 Å². The monoisotopic (exact) mass is 310 g/mol. The Kier molecular flexibility index (Phi) is 5.04. The highest BCUT2D eigenvalue weighted by molar-refractivity contribution is 6.30. The van der Waals surface area contributed by atoms with E-state index in [2.05, 4.69) is 0 Å². The zero-order valence-corrected chi connectivity index (χ0v) is 12.5. The molecule has 0 amide bonds. The van der Waals surface area contributed by atoms with Gasteiger partial charge in [0.1, 0.15) is 5.82 Å². The van der Waals surface area contributed by atoms with Gasteiger partial charge in [-0.2, -0.15) is 0 Å². The molecule has 0 fully saturated rings. The van der Waals surface area contributed by atoms with E-state index in [0.29, 0.717) is 27.6 Å². The Balaban J connectivity index is 2.24. The predicted octanol–water partition coefficient (Wildman–Crippen LogP) is 3.77. The second-order valence-electron chi connectivity index (χ2n) is 4.57. The molecule has 0 saturated heterocycles. The zero-order valence-electron chi connectivity index (χ0n) is 11.8. The number of rotatable bonds is 5. The van der Waals surface area contributed by atoms with Gasteiger partial charge in [0, 0.05) is 11.4 Å². The maximum atomic E-state index is 13.7. The Labute approximate surface area is 127 Å². The number of methoxy groups -OCH3 is 2. The third-order valence-electron chi connectivity index (χ3n) is 3.21. The smallest absolute Gasteiger partial charge is 0.161 e. The van der Waals surface area contributed by atoms with Gasteiger partial charge in [-0.05, 0) is 41.5 Å². The van der Waals surface area contributed by atoms with Gasteiger partial charge in [0.2, 0.25) is 0 Å². The van der Waals surface area contributed by atoms with Gasteiger partial charge in [0.15, 0.2) is 11.5 Å². The first-order valence-corrected chi connectivity index (χ1v) is 6.77. The molecule has 0 aliphatic heterocycles. The SMILES string of the molecule is COc1ccc(C(O)Cc2cc(Cl)ccc2F)cc1OC. The molecule has 1 N–H and O–H groups in total. The van der Waals surface area contributed by atoms with Gasteiger partial charge >= 0.3 is 0 Å². The van der Waals surface area contributed by atoms with Crippen molar-refractivity contribution >= 4 is 11.6 Å². The van der Waals surface area contributed by atoms with Crippen LogP contribution in [0, 0.1) is 5.82 Å². The minimum Gasteiger partial charge on any atom is -0.493 e. The molecule has 2 aromatic rings. The summed E-state index contributed by atoms with van der Waals surface area (Å²) in [7, 11) is 3.06. The Morgan fingerprint density at radius 2 is 1.81 bits per heavy atom. The summed E-state index contributed by atoms with van der Waals surface area (Å²) in [5.41, 5.74) is 0.983. The lowest BCUT2D eigenvalue weighted by Gasteiger charge is -2.15. The summed E-state index contributed by atoms with van der Waals surface area (Å²) in [5, 5.41) is 10.7. The number of halogens is 2. The largest absolute Gasteiger partial charge is 0.493 e. The number of hydrogen-bond donors (Lipinski definition) is 1. The Morgan fingerprint density at radius 1 is 1.10 bits per heavy atom. The van der Waals surface area contributed by atoms with E-state index in [-0.39, 0.29) is 12.2 Å². The second kappa shape index (κ2) is 6.78. The molecule has 0 radical (unpaired) electrons. The number of benzene rings is 2. The summed E-state index contributed by atoms with van der Waals surface area (Å²) in [6, 6.07) is 9.37. The molecular formula is C16H16ClFO3. The molecule has 0 aliphatic rings. The van der Waals surface area contributed by atoms with Crippen molar-refractivity contribution < 1.29 is 19.0 Å². The van der Waals surface area contributed by atoms with Gasteiger partial charge in [0.25, 0.3) is 0 Å². The van der Waals surface area contributed by atoms with Gasteiger partial charge in [-0.15, -0.1) is 0 Å². The van der Waals surface area contributed by atoms with E-state index in [1.165, 1.54) is 32.4 Å². The molecule has 0 aliphatic carbocycles. The first-order chi connectivity index (χ1) is 10.0. The number of hydrogen-bond acceptors (Lipinski definition) is 3. The highest BCUT2D eigenvalue weighted by Gasteiger charge is 2.14. The minimum atomic E-state index is -0.863. The molecule has 1 atom stereocenters. The van der Waals surface area contributed by atoms with Crippen LogP contribution in [0.25, 0.3) is 0 Å². The van der Waals surface area contributed by atoms with E-state index in [1.54, 1.807) is 18.2 Å². The van der Waals surface area contributed by atoms with E-state index in [0.717, 1.165) is 0 Å². The molecule has 0 aromatic heterocycles. The van der Waals surface area contributed by atoms with Crippen LogP contribution in [-0.2, 0) is 6.42 Å². The molecule has 112 valence electrons. The highest BCUT2D eigenvalue weighted by atomic mass is 35.5. The summed E-state index contributed by atoms with van der Waals surface area (Å²) in [4.78, 5) is 0. The van der Waals surface area contributed by atoms with Crippen LogP contribution in [0.4, 0.5) is 4.39 Å². The first-order valence-electron chi connectivity index (χ1n) is 6.39. The average molecular weight is 311 g/mol. The Morgan fingerprint density at radius 3 is 2.48 bits per heavy atom. The lowest BCUT2D eigenvalue weighted by molar-refractivity contribution is 0.176. The predicted molar refractivity (Wildman–Crippen MR) is 79.6 cm³/mol. The van der Waals surface area contributed by atoms with Crippen molar-refractivity contribution in [3.05, 3.63) is 58.4 Å². The Bertz CT molecular complexity index is 631. The van der Waals surface area contributed by atoms with Gasteiger partial charge in [-0.25, -0.2) is 4.39 Å². The average Bonchev–Trinajstić information content (AvgIpc) is 2.50. The summed E-state index contributed by atoms with van der Waals surface area (Å²) in [5.74, 6) is 0.696. The fraction of sp³-hybridized carbons (Fsp3) is 0.250. The van der Waals surface area contributed by atoms with E-state index < -0.39 is 6.10 Å². The number of ether oxygens (including phenoxy) is 2. The van der Waals surface area contributed by atoms with Crippen molar-refractivity contribution in [3.8, 4) is 11.5 Å². The van der Waals surface area contributed by atoms with Gasteiger partial charge < -0.3 is 14.6 Å². The van der Waals surface area contributed by atoms with Crippen molar-refractivity contribution in [2.24, 2.45) is 0 Å². The highest BCUT2D eigenvalue weighted by Crippen LogP contribution is 2.31. The van der Waals surface area contributed by atoms with Crippen LogP contribution in [0.1, 0.15) is 17.2 Å². The molecule has 5 heteroatoms. The molecule has 0 saturated carbocycles. The Hall–Kier alpha value is -1.78. The molecular weight excluding hydrogens is 295 g/mol. The molecule has 2 rings (SSSR count). The van der Waals surface area contributed by atoms with Crippen LogP contribution in [-0.4, -0.2) is 19.3 Å². The van der Waals surface area contributed by atoms with Crippen LogP contribution in [0.3, 0.4) is 0 Å². The maximum Gasteiger partial charge on any atom is 0.161 e. The number of aliphatic hydroxyl groups excluding tert-OH is 1. The summed E-state index contributed by atoms with van der Waals surface area (Å²) >= 11 is 5.85.